The maximum atomic E-state index is 12.4. The molecule has 0 fully saturated rings. The van der Waals surface area contributed by atoms with Gasteiger partial charge in [-0.25, -0.2) is 15.0 Å². The first kappa shape index (κ1) is 18.3. The molecule has 3 rings (SSSR count). The summed E-state index contributed by atoms with van der Waals surface area (Å²) >= 11 is 0. The number of hydrogen-bond donors (Lipinski definition) is 2. The van der Waals surface area contributed by atoms with Crippen molar-refractivity contribution in [3.8, 4) is 0 Å². The third kappa shape index (κ3) is 4.78. The predicted octanol–water partition coefficient (Wildman–Crippen LogP) is 2.33. The van der Waals surface area contributed by atoms with Gasteiger partial charge in [0.15, 0.2) is 0 Å². The number of nitrogens with two attached hydrogens (primary N) is 1. The van der Waals surface area contributed by atoms with E-state index in [0.29, 0.717) is 12.2 Å². The number of pyridine rings is 1. The Balaban J connectivity index is 1.71. The molecule has 7 nitrogen and oxygen atoms in total. The van der Waals surface area contributed by atoms with Crippen molar-refractivity contribution < 1.29 is 4.79 Å². The number of nitrogens with one attached hydrogen (secondary N) is 1. The van der Waals surface area contributed by atoms with Gasteiger partial charge in [-0.15, -0.1) is 0 Å². The Morgan fingerprint density at radius 1 is 1.15 bits per heavy atom. The zero-order chi connectivity index (χ0) is 19.2. The first-order chi connectivity index (χ1) is 13.0. The van der Waals surface area contributed by atoms with Crippen molar-refractivity contribution >= 4 is 17.7 Å². The molecule has 2 aromatic heterocycles. The third-order valence-electron chi connectivity index (χ3n) is 4.04. The normalized spacial score (nSPS) is 10.4. The van der Waals surface area contributed by atoms with Crippen LogP contribution in [0.25, 0.3) is 0 Å². The van der Waals surface area contributed by atoms with E-state index in [2.05, 4.69) is 37.3 Å². The molecule has 0 saturated carbocycles. The number of benzene rings is 1. The smallest absolute Gasteiger partial charge is 0.270 e. The molecule has 0 atom stereocenters. The number of nitrogens with zero attached hydrogens (tertiary/aromatic N) is 4. The number of anilines is 2. The van der Waals surface area contributed by atoms with E-state index in [0.717, 1.165) is 17.9 Å². The summed E-state index contributed by atoms with van der Waals surface area (Å²) in [6.07, 6.45) is 1.75. The number of rotatable bonds is 6. The van der Waals surface area contributed by atoms with Crippen LogP contribution in [0.4, 0.5) is 11.8 Å². The Bertz CT molecular complexity index is 909. The van der Waals surface area contributed by atoms with Crippen LogP contribution in [0.2, 0.25) is 0 Å². The van der Waals surface area contributed by atoms with Gasteiger partial charge in [-0.3, -0.25) is 4.79 Å². The SMILES string of the molecule is Cc1cc(C(=O)NCc2cccnc2N(C)Cc2ccccc2)nc(N)n1. The van der Waals surface area contributed by atoms with Gasteiger partial charge in [0.1, 0.15) is 11.5 Å². The number of aromatic nitrogens is 3. The largest absolute Gasteiger partial charge is 0.368 e. The molecule has 0 bridgehead atoms. The van der Waals surface area contributed by atoms with E-state index in [9.17, 15) is 4.79 Å². The zero-order valence-corrected chi connectivity index (χ0v) is 15.4. The lowest BCUT2D eigenvalue weighted by Crippen LogP contribution is -2.26. The summed E-state index contributed by atoms with van der Waals surface area (Å²) in [5.74, 6) is 0.609. The van der Waals surface area contributed by atoms with Crippen molar-refractivity contribution in [2.24, 2.45) is 0 Å². The molecule has 0 aliphatic heterocycles. The second kappa shape index (κ2) is 8.27. The van der Waals surface area contributed by atoms with Crippen molar-refractivity contribution in [3.05, 3.63) is 77.2 Å². The molecule has 1 aromatic carbocycles. The predicted molar refractivity (Wildman–Crippen MR) is 105 cm³/mol. The lowest BCUT2D eigenvalue weighted by Gasteiger charge is -2.21. The maximum Gasteiger partial charge on any atom is 0.270 e. The minimum Gasteiger partial charge on any atom is -0.368 e. The van der Waals surface area contributed by atoms with Crippen LogP contribution in [-0.4, -0.2) is 27.9 Å². The van der Waals surface area contributed by atoms with Gasteiger partial charge >= 0.3 is 0 Å². The van der Waals surface area contributed by atoms with Gasteiger partial charge < -0.3 is 16.0 Å². The van der Waals surface area contributed by atoms with Gasteiger partial charge in [-0.2, -0.15) is 0 Å². The molecule has 7 heteroatoms. The van der Waals surface area contributed by atoms with Crippen LogP contribution in [-0.2, 0) is 13.1 Å². The molecule has 27 heavy (non-hydrogen) atoms. The minimum atomic E-state index is -0.298. The van der Waals surface area contributed by atoms with Crippen LogP contribution in [0.15, 0.2) is 54.7 Å². The Morgan fingerprint density at radius 3 is 2.67 bits per heavy atom. The number of amides is 1. The Morgan fingerprint density at radius 2 is 1.93 bits per heavy atom. The number of nitrogen functional groups attached to an aromatic ring is 1. The second-order valence-electron chi connectivity index (χ2n) is 6.26. The van der Waals surface area contributed by atoms with E-state index in [1.165, 1.54) is 5.56 Å². The van der Waals surface area contributed by atoms with Gasteiger partial charge in [-0.05, 0) is 24.6 Å². The number of aryl methyl sites for hydroxylation is 1. The highest BCUT2D eigenvalue weighted by atomic mass is 16.1. The monoisotopic (exact) mass is 362 g/mol. The van der Waals surface area contributed by atoms with Gasteiger partial charge in [0.05, 0.1) is 0 Å². The molecule has 0 aliphatic rings. The molecule has 0 unspecified atom stereocenters. The highest BCUT2D eigenvalue weighted by molar-refractivity contribution is 5.92. The third-order valence-corrected chi connectivity index (χ3v) is 4.04. The first-order valence-corrected chi connectivity index (χ1v) is 8.61. The van der Waals surface area contributed by atoms with Crippen molar-refractivity contribution in [1.29, 1.82) is 0 Å². The first-order valence-electron chi connectivity index (χ1n) is 8.61. The molecule has 2 heterocycles. The van der Waals surface area contributed by atoms with Gasteiger partial charge in [0.25, 0.3) is 5.91 Å². The van der Waals surface area contributed by atoms with Crippen LogP contribution in [0.3, 0.4) is 0 Å². The summed E-state index contributed by atoms with van der Waals surface area (Å²) in [7, 11) is 1.98. The number of carbonyl (C=O) groups is 1. The lowest BCUT2D eigenvalue weighted by molar-refractivity contribution is 0.0946. The molecule has 0 aliphatic carbocycles. The maximum absolute atomic E-state index is 12.4. The quantitative estimate of drug-likeness (QED) is 0.698. The summed E-state index contributed by atoms with van der Waals surface area (Å²) in [6.45, 7) is 2.83. The van der Waals surface area contributed by atoms with Gasteiger partial charge in [-0.1, -0.05) is 36.4 Å². The molecule has 1 amide bonds. The van der Waals surface area contributed by atoms with Crippen molar-refractivity contribution in [1.82, 2.24) is 20.3 Å². The summed E-state index contributed by atoms with van der Waals surface area (Å²) < 4.78 is 0. The summed E-state index contributed by atoms with van der Waals surface area (Å²) in [5, 5.41) is 2.88. The van der Waals surface area contributed by atoms with Crippen molar-refractivity contribution in [2.75, 3.05) is 17.7 Å². The van der Waals surface area contributed by atoms with Crippen LogP contribution in [0, 0.1) is 6.92 Å². The Labute approximate surface area is 158 Å². The summed E-state index contributed by atoms with van der Waals surface area (Å²) in [5.41, 5.74) is 8.63. The van der Waals surface area contributed by atoms with E-state index in [-0.39, 0.29) is 17.5 Å². The summed E-state index contributed by atoms with van der Waals surface area (Å²) in [4.78, 5) is 26.9. The van der Waals surface area contributed by atoms with E-state index in [1.54, 1.807) is 19.2 Å². The van der Waals surface area contributed by atoms with Crippen molar-refractivity contribution in [2.45, 2.75) is 20.0 Å². The Hall–Kier alpha value is -3.48. The highest BCUT2D eigenvalue weighted by Crippen LogP contribution is 2.18. The molecule has 0 spiro atoms. The fourth-order valence-electron chi connectivity index (χ4n) is 2.82. The molecule has 138 valence electrons. The van der Waals surface area contributed by atoms with E-state index < -0.39 is 0 Å². The number of carbonyl (C=O) groups excluding carboxylic acids is 1. The average molecular weight is 362 g/mol. The highest BCUT2D eigenvalue weighted by Gasteiger charge is 2.13. The van der Waals surface area contributed by atoms with Crippen LogP contribution in [0.1, 0.15) is 27.3 Å². The molecule has 3 aromatic rings. The average Bonchev–Trinajstić information content (AvgIpc) is 2.66. The fourth-order valence-corrected chi connectivity index (χ4v) is 2.82. The molecule has 0 radical (unpaired) electrons. The number of hydrogen-bond acceptors (Lipinski definition) is 6. The van der Waals surface area contributed by atoms with Gasteiger partial charge in [0.2, 0.25) is 5.95 Å². The molecular formula is C20H22N6O. The van der Waals surface area contributed by atoms with Crippen LogP contribution in [0.5, 0.6) is 0 Å². The van der Waals surface area contributed by atoms with Gasteiger partial charge in [0, 0.05) is 37.6 Å². The standard InChI is InChI=1S/C20H22N6O/c1-14-11-17(25-20(21)24-14)19(27)23-12-16-9-6-10-22-18(16)26(2)13-15-7-4-3-5-8-15/h3-11H,12-13H2,1-2H3,(H,23,27)(H2,21,24,25). The zero-order valence-electron chi connectivity index (χ0n) is 15.4. The van der Waals surface area contributed by atoms with Crippen LogP contribution >= 0.6 is 0 Å². The topological polar surface area (TPSA) is 97.0 Å². The van der Waals surface area contributed by atoms with E-state index >= 15 is 0 Å². The van der Waals surface area contributed by atoms with E-state index in [4.69, 9.17) is 5.73 Å². The second-order valence-corrected chi connectivity index (χ2v) is 6.26. The minimum absolute atomic E-state index is 0.0878. The Kier molecular flexibility index (Phi) is 5.61. The lowest BCUT2D eigenvalue weighted by atomic mass is 10.2. The van der Waals surface area contributed by atoms with Crippen molar-refractivity contribution in [3.63, 3.8) is 0 Å². The van der Waals surface area contributed by atoms with E-state index in [1.807, 2.05) is 37.4 Å². The van der Waals surface area contributed by atoms with Crippen LogP contribution < -0.4 is 16.0 Å². The molecular weight excluding hydrogens is 340 g/mol. The fraction of sp³-hybridized carbons (Fsp3) is 0.200. The molecule has 3 N–H and O–H groups in total. The summed E-state index contributed by atoms with van der Waals surface area (Å²) in [6, 6.07) is 15.6. The molecule has 0 saturated heterocycles.